The molecular weight excluding hydrogens is 431 g/mol. The van der Waals surface area contributed by atoms with Crippen LogP contribution in [0.25, 0.3) is 0 Å². The first kappa shape index (κ1) is 29.6. The molecule has 0 atom stereocenters. The minimum absolute atomic E-state index is 0. The van der Waals surface area contributed by atoms with Crippen LogP contribution in [-0.4, -0.2) is 60.6 Å². The van der Waals surface area contributed by atoms with E-state index in [0.717, 1.165) is 60.6 Å². The minimum Gasteiger partial charge on any atom is -0.303 e. The summed E-state index contributed by atoms with van der Waals surface area (Å²) in [5.74, 6) is 1.98. The number of nitriles is 2. The first-order chi connectivity index (χ1) is 12.6. The van der Waals surface area contributed by atoms with Gasteiger partial charge in [-0.2, -0.15) is 10.5 Å². The van der Waals surface area contributed by atoms with Gasteiger partial charge >= 0.3 is 0 Å². The molecule has 0 aliphatic heterocycles. The predicted molar refractivity (Wildman–Crippen MR) is 127 cm³/mol. The van der Waals surface area contributed by atoms with Crippen LogP contribution in [0.15, 0.2) is 21.9 Å². The minimum atomic E-state index is 0. The number of nitrogens with zero attached hydrogens (tertiary/aromatic N) is 4. The lowest BCUT2D eigenvalue weighted by Gasteiger charge is -2.19. The van der Waals surface area contributed by atoms with Crippen LogP contribution in [0.4, 0.5) is 0 Å². The van der Waals surface area contributed by atoms with Crippen molar-refractivity contribution in [1.29, 1.82) is 10.5 Å². The Kier molecular flexibility index (Phi) is 18.3. The zero-order valence-corrected chi connectivity index (χ0v) is 20.5. The van der Waals surface area contributed by atoms with Gasteiger partial charge in [-0.3, -0.25) is 0 Å². The van der Waals surface area contributed by atoms with Gasteiger partial charge in [0.25, 0.3) is 0 Å². The molecule has 158 valence electrons. The average molecular weight is 464 g/mol. The van der Waals surface area contributed by atoms with Crippen LogP contribution in [0.5, 0.6) is 0 Å². The highest BCUT2D eigenvalue weighted by molar-refractivity contribution is 8.02. The molecule has 0 saturated carbocycles. The summed E-state index contributed by atoms with van der Waals surface area (Å²) >= 11 is 3.58. The third-order valence-electron chi connectivity index (χ3n) is 4.44. The number of benzene rings is 1. The van der Waals surface area contributed by atoms with E-state index in [2.05, 4.69) is 49.6 Å². The number of halogens is 2. The lowest BCUT2D eigenvalue weighted by molar-refractivity contribution is 0.323. The molecule has 1 aromatic carbocycles. The summed E-state index contributed by atoms with van der Waals surface area (Å²) in [5.41, 5.74) is 0.955. The summed E-state index contributed by atoms with van der Waals surface area (Å²) in [4.78, 5) is 7.04. The maximum atomic E-state index is 9.34. The zero-order chi connectivity index (χ0) is 19.4. The largest absolute Gasteiger partial charge is 0.303 e. The van der Waals surface area contributed by atoms with E-state index in [1.54, 1.807) is 23.5 Å². The van der Waals surface area contributed by atoms with Crippen molar-refractivity contribution in [2.45, 2.75) is 37.5 Å². The second-order valence-corrected chi connectivity index (χ2v) is 8.09. The third-order valence-corrected chi connectivity index (χ3v) is 6.64. The highest BCUT2D eigenvalue weighted by atomic mass is 35.5. The van der Waals surface area contributed by atoms with Crippen molar-refractivity contribution in [2.75, 3.05) is 50.8 Å². The zero-order valence-electron chi connectivity index (χ0n) is 17.2. The lowest BCUT2D eigenvalue weighted by atomic mass is 10.1. The molecule has 0 bridgehead atoms. The molecule has 0 fully saturated rings. The molecule has 0 heterocycles. The summed E-state index contributed by atoms with van der Waals surface area (Å²) in [7, 11) is 0. The van der Waals surface area contributed by atoms with Gasteiger partial charge in [0.2, 0.25) is 0 Å². The van der Waals surface area contributed by atoms with Gasteiger partial charge in [-0.15, -0.1) is 48.3 Å². The van der Waals surface area contributed by atoms with E-state index in [4.69, 9.17) is 0 Å². The Morgan fingerprint density at radius 2 is 1.04 bits per heavy atom. The molecule has 0 aromatic heterocycles. The molecule has 0 spiro atoms. The van der Waals surface area contributed by atoms with E-state index in [-0.39, 0.29) is 24.8 Å². The summed E-state index contributed by atoms with van der Waals surface area (Å²) in [6.07, 6.45) is 0. The molecule has 0 unspecified atom stereocenters. The second-order valence-electron chi connectivity index (χ2n) is 5.82. The SMILES string of the molecule is CCN(CC)CCSc1cc(C#N)c(C#N)cc1SCCN(CC)CC.Cl.Cl. The molecular formula is C20H32Cl2N4S2. The van der Waals surface area contributed by atoms with Crippen LogP contribution < -0.4 is 0 Å². The summed E-state index contributed by atoms with van der Waals surface area (Å²) in [6.45, 7) is 15.0. The van der Waals surface area contributed by atoms with E-state index < -0.39 is 0 Å². The van der Waals surface area contributed by atoms with Crippen LogP contribution >= 0.6 is 48.3 Å². The first-order valence-electron chi connectivity index (χ1n) is 9.31. The molecule has 0 N–H and O–H groups in total. The Balaban J connectivity index is 0. The van der Waals surface area contributed by atoms with E-state index in [1.807, 2.05) is 12.1 Å². The first-order valence-corrected chi connectivity index (χ1v) is 11.3. The molecule has 28 heavy (non-hydrogen) atoms. The van der Waals surface area contributed by atoms with Crippen molar-refractivity contribution >= 4 is 48.3 Å². The van der Waals surface area contributed by atoms with Gasteiger partial charge in [0.1, 0.15) is 12.1 Å². The van der Waals surface area contributed by atoms with Gasteiger partial charge in [-0.1, -0.05) is 27.7 Å². The second kappa shape index (κ2) is 17.3. The van der Waals surface area contributed by atoms with Crippen molar-refractivity contribution in [3.05, 3.63) is 23.3 Å². The standard InChI is InChI=1S/C20H30N4S2.2ClH/c1-5-23(6-2)9-11-25-19-13-17(15-21)18(16-22)14-20(19)26-12-10-24(7-3)8-4;;/h13-14H,5-12H2,1-4H3;2*1H. The molecule has 1 aromatic rings. The number of rotatable bonds is 12. The highest BCUT2D eigenvalue weighted by Crippen LogP contribution is 2.33. The van der Waals surface area contributed by atoms with Crippen LogP contribution in [0.1, 0.15) is 38.8 Å². The van der Waals surface area contributed by atoms with Gasteiger partial charge in [0.15, 0.2) is 0 Å². The Labute approximate surface area is 191 Å². The lowest BCUT2D eigenvalue weighted by Crippen LogP contribution is -2.25. The fraction of sp³-hybridized carbons (Fsp3) is 0.600. The van der Waals surface area contributed by atoms with Gasteiger partial charge in [-0.25, -0.2) is 0 Å². The van der Waals surface area contributed by atoms with Crippen molar-refractivity contribution in [3.63, 3.8) is 0 Å². The Bertz CT molecular complexity index is 581. The summed E-state index contributed by atoms with van der Waals surface area (Å²) in [6, 6.07) is 8.12. The normalized spacial score (nSPS) is 10.1. The summed E-state index contributed by atoms with van der Waals surface area (Å²) < 4.78 is 0. The van der Waals surface area contributed by atoms with Gasteiger partial charge in [-0.05, 0) is 38.3 Å². The number of hydrogen-bond acceptors (Lipinski definition) is 6. The van der Waals surface area contributed by atoms with Gasteiger partial charge < -0.3 is 9.80 Å². The van der Waals surface area contributed by atoms with E-state index in [9.17, 15) is 10.5 Å². The smallest absolute Gasteiger partial charge is 0.101 e. The van der Waals surface area contributed by atoms with Crippen LogP contribution in [0.3, 0.4) is 0 Å². The number of thioether (sulfide) groups is 2. The predicted octanol–water partition coefficient (Wildman–Crippen LogP) is 5.14. The van der Waals surface area contributed by atoms with Crippen LogP contribution in [-0.2, 0) is 0 Å². The van der Waals surface area contributed by atoms with Crippen molar-refractivity contribution in [2.24, 2.45) is 0 Å². The van der Waals surface area contributed by atoms with Crippen LogP contribution in [0, 0.1) is 22.7 Å². The van der Waals surface area contributed by atoms with E-state index >= 15 is 0 Å². The average Bonchev–Trinajstić information content (AvgIpc) is 2.68. The topological polar surface area (TPSA) is 54.1 Å². The van der Waals surface area contributed by atoms with E-state index in [1.165, 1.54) is 0 Å². The maximum absolute atomic E-state index is 9.34. The van der Waals surface area contributed by atoms with Crippen molar-refractivity contribution in [1.82, 2.24) is 9.80 Å². The van der Waals surface area contributed by atoms with Gasteiger partial charge in [0, 0.05) is 34.4 Å². The summed E-state index contributed by atoms with van der Waals surface area (Å²) in [5, 5.41) is 18.7. The third kappa shape index (κ3) is 9.74. The Morgan fingerprint density at radius 3 is 1.29 bits per heavy atom. The Morgan fingerprint density at radius 1 is 0.714 bits per heavy atom. The molecule has 0 aliphatic rings. The molecule has 0 amide bonds. The molecule has 8 heteroatoms. The fourth-order valence-corrected chi connectivity index (χ4v) is 4.92. The highest BCUT2D eigenvalue weighted by Gasteiger charge is 2.12. The number of hydrogen-bond donors (Lipinski definition) is 0. The molecule has 0 aliphatic carbocycles. The fourth-order valence-electron chi connectivity index (χ4n) is 2.62. The van der Waals surface area contributed by atoms with E-state index in [0.29, 0.717) is 11.1 Å². The van der Waals surface area contributed by atoms with Crippen molar-refractivity contribution in [3.8, 4) is 12.1 Å². The maximum Gasteiger partial charge on any atom is 0.101 e. The molecule has 4 nitrogen and oxygen atoms in total. The molecule has 0 saturated heterocycles. The van der Waals surface area contributed by atoms with Crippen molar-refractivity contribution < 1.29 is 0 Å². The van der Waals surface area contributed by atoms with Crippen LogP contribution in [0.2, 0.25) is 0 Å². The molecule has 0 radical (unpaired) electrons. The quantitative estimate of drug-likeness (QED) is 0.400. The Hall–Kier alpha value is -0.600. The van der Waals surface area contributed by atoms with Gasteiger partial charge in [0.05, 0.1) is 11.1 Å². The monoisotopic (exact) mass is 462 g/mol. The molecule has 1 rings (SSSR count).